The normalized spacial score (nSPS) is 20.2. The van der Waals surface area contributed by atoms with E-state index in [0.29, 0.717) is 25.2 Å². The summed E-state index contributed by atoms with van der Waals surface area (Å²) in [7, 11) is -2.83. The summed E-state index contributed by atoms with van der Waals surface area (Å²) in [6, 6.07) is 0. The van der Waals surface area contributed by atoms with E-state index in [1.165, 1.54) is 17.5 Å². The first-order valence-electron chi connectivity index (χ1n) is 5.35. The van der Waals surface area contributed by atoms with Crippen LogP contribution in [0.4, 0.5) is 0 Å². The number of carbonyl (C=O) groups is 1. The first-order chi connectivity index (χ1) is 7.96. The average molecular weight is 275 g/mol. The topological polar surface area (TPSA) is 84.3 Å². The van der Waals surface area contributed by atoms with Gasteiger partial charge in [-0.3, -0.25) is 0 Å². The van der Waals surface area contributed by atoms with E-state index in [2.05, 4.69) is 4.98 Å². The second-order valence-electron chi connectivity index (χ2n) is 4.22. The van der Waals surface area contributed by atoms with Gasteiger partial charge in [-0.25, -0.2) is 18.2 Å². The number of carboxylic acids is 1. The standard InChI is InChI=1S/C10H13NO4S2/c12-10(13)8-6-11-9(16-8)5-7-1-3-17(14,15)4-2-7/h6-7H,1-5H2,(H,12,13). The molecule has 0 aliphatic carbocycles. The van der Waals surface area contributed by atoms with E-state index in [4.69, 9.17) is 5.11 Å². The largest absolute Gasteiger partial charge is 0.477 e. The Morgan fingerprint density at radius 2 is 2.12 bits per heavy atom. The summed E-state index contributed by atoms with van der Waals surface area (Å²) in [6.07, 6.45) is 3.37. The van der Waals surface area contributed by atoms with Gasteiger partial charge in [0.15, 0.2) is 0 Å². The summed E-state index contributed by atoms with van der Waals surface area (Å²) in [5.74, 6) is -0.157. The molecule has 2 heterocycles. The zero-order valence-electron chi connectivity index (χ0n) is 9.13. The Labute approximate surface area is 103 Å². The van der Waals surface area contributed by atoms with Crippen LogP contribution in [0.3, 0.4) is 0 Å². The molecule has 5 nitrogen and oxygen atoms in total. The van der Waals surface area contributed by atoms with Crippen molar-refractivity contribution >= 4 is 27.1 Å². The van der Waals surface area contributed by atoms with Crippen molar-refractivity contribution in [2.24, 2.45) is 5.92 Å². The third-order valence-electron chi connectivity index (χ3n) is 2.90. The van der Waals surface area contributed by atoms with Gasteiger partial charge in [0.05, 0.1) is 22.7 Å². The number of hydrogen-bond acceptors (Lipinski definition) is 5. The number of thiazole rings is 1. The maximum atomic E-state index is 11.3. The van der Waals surface area contributed by atoms with E-state index in [-0.39, 0.29) is 16.4 Å². The highest BCUT2D eigenvalue weighted by molar-refractivity contribution is 7.91. The minimum Gasteiger partial charge on any atom is -0.477 e. The van der Waals surface area contributed by atoms with Crippen molar-refractivity contribution < 1.29 is 18.3 Å². The molecule has 1 aliphatic rings. The highest BCUT2D eigenvalue weighted by atomic mass is 32.2. The lowest BCUT2D eigenvalue weighted by Crippen LogP contribution is -2.24. The molecule has 1 aliphatic heterocycles. The van der Waals surface area contributed by atoms with Crippen molar-refractivity contribution in [1.29, 1.82) is 0 Å². The van der Waals surface area contributed by atoms with Gasteiger partial charge in [0, 0.05) is 6.42 Å². The van der Waals surface area contributed by atoms with Crippen molar-refractivity contribution in [3.63, 3.8) is 0 Å². The van der Waals surface area contributed by atoms with Gasteiger partial charge in [-0.1, -0.05) is 0 Å². The Hall–Kier alpha value is -0.950. The van der Waals surface area contributed by atoms with E-state index in [1.807, 2.05) is 0 Å². The molecule has 1 fully saturated rings. The second kappa shape index (κ2) is 4.73. The predicted octanol–water partition coefficient (Wildman–Crippen LogP) is 1.21. The lowest BCUT2D eigenvalue weighted by molar-refractivity contribution is 0.0702. The minimum atomic E-state index is -2.83. The Balaban J connectivity index is 1.95. The summed E-state index contributed by atoms with van der Waals surface area (Å²) in [5.41, 5.74) is 0. The van der Waals surface area contributed by atoms with Gasteiger partial charge in [-0.05, 0) is 18.8 Å². The number of carboxylic acid groups (broad SMARTS) is 1. The fourth-order valence-corrected chi connectivity index (χ4v) is 4.35. The molecule has 0 saturated carbocycles. The number of nitrogens with zero attached hydrogens (tertiary/aromatic N) is 1. The quantitative estimate of drug-likeness (QED) is 0.896. The highest BCUT2D eigenvalue weighted by Gasteiger charge is 2.24. The third-order valence-corrected chi connectivity index (χ3v) is 5.62. The van der Waals surface area contributed by atoms with Crippen molar-refractivity contribution in [3.05, 3.63) is 16.1 Å². The van der Waals surface area contributed by atoms with Crippen molar-refractivity contribution in [2.45, 2.75) is 19.3 Å². The lowest BCUT2D eigenvalue weighted by atomic mass is 9.99. The van der Waals surface area contributed by atoms with Gasteiger partial charge in [0.2, 0.25) is 0 Å². The summed E-state index contributed by atoms with van der Waals surface area (Å²) in [6.45, 7) is 0. The number of rotatable bonds is 3. The highest BCUT2D eigenvalue weighted by Crippen LogP contribution is 2.25. The fraction of sp³-hybridized carbons (Fsp3) is 0.600. The molecule has 0 radical (unpaired) electrons. The maximum Gasteiger partial charge on any atom is 0.347 e. The van der Waals surface area contributed by atoms with Crippen LogP contribution in [-0.2, 0) is 16.3 Å². The third kappa shape index (κ3) is 3.26. The molecule has 0 amide bonds. The van der Waals surface area contributed by atoms with Crippen LogP contribution in [0.15, 0.2) is 6.20 Å². The van der Waals surface area contributed by atoms with Crippen LogP contribution in [0.1, 0.15) is 27.5 Å². The monoisotopic (exact) mass is 275 g/mol. The van der Waals surface area contributed by atoms with E-state index < -0.39 is 15.8 Å². The molecule has 0 atom stereocenters. The molecular weight excluding hydrogens is 262 g/mol. The molecule has 1 saturated heterocycles. The zero-order chi connectivity index (χ0) is 12.5. The summed E-state index contributed by atoms with van der Waals surface area (Å²) < 4.78 is 22.5. The van der Waals surface area contributed by atoms with Gasteiger partial charge in [-0.2, -0.15) is 0 Å². The Morgan fingerprint density at radius 1 is 1.47 bits per heavy atom. The molecule has 7 heteroatoms. The van der Waals surface area contributed by atoms with E-state index in [0.717, 1.165) is 5.01 Å². The average Bonchev–Trinajstić information content (AvgIpc) is 2.70. The molecule has 1 aromatic heterocycles. The van der Waals surface area contributed by atoms with Crippen molar-refractivity contribution in [2.75, 3.05) is 11.5 Å². The second-order valence-corrected chi connectivity index (χ2v) is 7.64. The first-order valence-corrected chi connectivity index (χ1v) is 7.98. The summed E-state index contributed by atoms with van der Waals surface area (Å²) in [4.78, 5) is 15.0. The number of hydrogen-bond donors (Lipinski definition) is 1. The molecule has 1 N–H and O–H groups in total. The Morgan fingerprint density at radius 3 is 2.65 bits per heavy atom. The van der Waals surface area contributed by atoms with E-state index >= 15 is 0 Å². The van der Waals surface area contributed by atoms with Gasteiger partial charge in [0.1, 0.15) is 14.7 Å². The lowest BCUT2D eigenvalue weighted by Gasteiger charge is -2.20. The smallest absolute Gasteiger partial charge is 0.347 e. The van der Waals surface area contributed by atoms with Crippen LogP contribution in [0.25, 0.3) is 0 Å². The zero-order valence-corrected chi connectivity index (χ0v) is 10.8. The molecule has 2 rings (SSSR count). The molecule has 0 unspecified atom stereocenters. The van der Waals surface area contributed by atoms with Crippen LogP contribution >= 0.6 is 11.3 Å². The SMILES string of the molecule is O=C(O)c1cnc(CC2CCS(=O)(=O)CC2)s1. The van der Waals surface area contributed by atoms with Crippen LogP contribution in [0.2, 0.25) is 0 Å². The van der Waals surface area contributed by atoms with Crippen LogP contribution < -0.4 is 0 Å². The summed E-state index contributed by atoms with van der Waals surface area (Å²) >= 11 is 1.17. The molecule has 0 spiro atoms. The van der Waals surface area contributed by atoms with Crippen LogP contribution in [-0.4, -0.2) is 36.0 Å². The minimum absolute atomic E-state index is 0.239. The maximum absolute atomic E-state index is 11.3. The van der Waals surface area contributed by atoms with Gasteiger partial charge < -0.3 is 5.11 Å². The first kappa shape index (κ1) is 12.5. The molecule has 94 valence electrons. The molecule has 0 aromatic carbocycles. The number of aromatic carboxylic acids is 1. The van der Waals surface area contributed by atoms with Gasteiger partial charge >= 0.3 is 5.97 Å². The van der Waals surface area contributed by atoms with Gasteiger partial charge in [-0.15, -0.1) is 11.3 Å². The van der Waals surface area contributed by atoms with E-state index in [9.17, 15) is 13.2 Å². The van der Waals surface area contributed by atoms with Crippen molar-refractivity contribution in [1.82, 2.24) is 4.98 Å². The summed E-state index contributed by atoms with van der Waals surface area (Å²) in [5, 5.41) is 9.55. The van der Waals surface area contributed by atoms with Crippen LogP contribution in [0.5, 0.6) is 0 Å². The van der Waals surface area contributed by atoms with Crippen molar-refractivity contribution in [3.8, 4) is 0 Å². The fourth-order valence-electron chi connectivity index (χ4n) is 1.89. The Kier molecular flexibility index (Phi) is 3.48. The molecule has 1 aromatic rings. The molecular formula is C10H13NO4S2. The van der Waals surface area contributed by atoms with Gasteiger partial charge in [0.25, 0.3) is 0 Å². The molecule has 17 heavy (non-hydrogen) atoms. The van der Waals surface area contributed by atoms with E-state index in [1.54, 1.807) is 0 Å². The molecule has 0 bridgehead atoms. The number of sulfone groups is 1. The van der Waals surface area contributed by atoms with Crippen LogP contribution in [0, 0.1) is 5.92 Å². The predicted molar refractivity (Wildman–Crippen MR) is 64.2 cm³/mol. The number of aromatic nitrogens is 1. The Bertz CT molecular complexity index is 506.